The Kier molecular flexibility index (Phi) is 5.53. The maximum Gasteiger partial charge on any atom is 0.305 e. The number of piperidine rings is 1. The Morgan fingerprint density at radius 1 is 1.08 bits per heavy atom. The standard InChI is InChI=1S/C20H24N2O3/c1-25-18(23)15-16-9-13-22(14-10-16)20(24)19(21-11-5-6-12-21)17-7-3-2-4-8-17/h2-8,11-12,16,19H,9-10,13-15H2,1H3/t19-/m0/s1. The SMILES string of the molecule is COC(=O)CC1CCN(C(=O)[C@H](c2ccccc2)n2cccc2)CC1. The first-order chi connectivity index (χ1) is 12.2. The van der Waals surface area contributed by atoms with Crippen LogP contribution in [0.4, 0.5) is 0 Å². The van der Waals surface area contributed by atoms with Crippen molar-refractivity contribution >= 4 is 11.9 Å². The zero-order chi connectivity index (χ0) is 17.6. The topological polar surface area (TPSA) is 51.5 Å². The first-order valence-corrected chi connectivity index (χ1v) is 8.72. The molecule has 1 atom stereocenters. The van der Waals surface area contributed by atoms with Crippen molar-refractivity contribution in [3.05, 3.63) is 60.4 Å². The third kappa shape index (κ3) is 4.10. The average Bonchev–Trinajstić information content (AvgIpc) is 3.17. The molecule has 3 rings (SSSR count). The molecule has 132 valence electrons. The predicted molar refractivity (Wildman–Crippen MR) is 95.0 cm³/mol. The van der Waals surface area contributed by atoms with E-state index in [2.05, 4.69) is 0 Å². The Morgan fingerprint density at radius 3 is 2.32 bits per heavy atom. The summed E-state index contributed by atoms with van der Waals surface area (Å²) < 4.78 is 6.71. The maximum atomic E-state index is 13.2. The van der Waals surface area contributed by atoms with Crippen LogP contribution in [0.5, 0.6) is 0 Å². The van der Waals surface area contributed by atoms with Gasteiger partial charge in [-0.25, -0.2) is 0 Å². The summed E-state index contributed by atoms with van der Waals surface area (Å²) in [5, 5.41) is 0. The number of benzene rings is 1. The summed E-state index contributed by atoms with van der Waals surface area (Å²) in [6.07, 6.45) is 5.99. The molecule has 0 N–H and O–H groups in total. The molecule has 5 heteroatoms. The normalized spacial score (nSPS) is 16.4. The highest BCUT2D eigenvalue weighted by Gasteiger charge is 2.30. The van der Waals surface area contributed by atoms with Gasteiger partial charge in [-0.2, -0.15) is 0 Å². The molecule has 0 unspecified atom stereocenters. The van der Waals surface area contributed by atoms with E-state index in [1.807, 2.05) is 64.3 Å². The Balaban J connectivity index is 1.71. The van der Waals surface area contributed by atoms with Crippen LogP contribution in [0.2, 0.25) is 0 Å². The van der Waals surface area contributed by atoms with Crippen LogP contribution >= 0.6 is 0 Å². The van der Waals surface area contributed by atoms with Gasteiger partial charge in [-0.1, -0.05) is 30.3 Å². The zero-order valence-electron chi connectivity index (χ0n) is 14.5. The van der Waals surface area contributed by atoms with Crippen LogP contribution in [-0.2, 0) is 14.3 Å². The minimum Gasteiger partial charge on any atom is -0.469 e. The molecule has 1 amide bonds. The van der Waals surface area contributed by atoms with Gasteiger partial charge in [-0.15, -0.1) is 0 Å². The van der Waals surface area contributed by atoms with E-state index in [1.54, 1.807) is 0 Å². The summed E-state index contributed by atoms with van der Waals surface area (Å²) in [5.74, 6) is 0.247. The molecular formula is C20H24N2O3. The fourth-order valence-corrected chi connectivity index (χ4v) is 3.45. The number of carbonyl (C=O) groups excluding carboxylic acids is 2. The van der Waals surface area contributed by atoms with Gasteiger partial charge in [0.05, 0.1) is 7.11 Å². The van der Waals surface area contributed by atoms with Gasteiger partial charge in [0.1, 0.15) is 6.04 Å². The number of amides is 1. The van der Waals surface area contributed by atoms with Crippen molar-refractivity contribution < 1.29 is 14.3 Å². The predicted octanol–water partition coefficient (Wildman–Crippen LogP) is 2.88. The summed E-state index contributed by atoms with van der Waals surface area (Å²) >= 11 is 0. The van der Waals surface area contributed by atoms with E-state index in [0.29, 0.717) is 25.4 Å². The molecule has 0 spiro atoms. The maximum absolute atomic E-state index is 13.2. The second kappa shape index (κ2) is 8.01. The van der Waals surface area contributed by atoms with Crippen molar-refractivity contribution in [2.24, 2.45) is 5.92 Å². The van der Waals surface area contributed by atoms with Crippen LogP contribution in [0.15, 0.2) is 54.9 Å². The highest BCUT2D eigenvalue weighted by atomic mass is 16.5. The largest absolute Gasteiger partial charge is 0.469 e. The van der Waals surface area contributed by atoms with Crippen molar-refractivity contribution in [2.45, 2.75) is 25.3 Å². The lowest BCUT2D eigenvalue weighted by molar-refractivity contribution is -0.142. The van der Waals surface area contributed by atoms with Crippen molar-refractivity contribution in [2.75, 3.05) is 20.2 Å². The number of likely N-dealkylation sites (tertiary alicyclic amines) is 1. The van der Waals surface area contributed by atoms with Gasteiger partial charge in [0.15, 0.2) is 0 Å². The molecule has 1 aliphatic rings. The Morgan fingerprint density at radius 2 is 1.72 bits per heavy atom. The molecule has 0 bridgehead atoms. The van der Waals surface area contributed by atoms with Crippen molar-refractivity contribution in [3.63, 3.8) is 0 Å². The van der Waals surface area contributed by atoms with Crippen LogP contribution in [0.3, 0.4) is 0 Å². The van der Waals surface area contributed by atoms with E-state index < -0.39 is 0 Å². The number of nitrogens with zero attached hydrogens (tertiary/aromatic N) is 2. The molecular weight excluding hydrogens is 316 g/mol. The highest BCUT2D eigenvalue weighted by molar-refractivity contribution is 5.84. The molecule has 1 aromatic carbocycles. The van der Waals surface area contributed by atoms with Gasteiger partial charge in [0, 0.05) is 31.9 Å². The van der Waals surface area contributed by atoms with E-state index in [-0.39, 0.29) is 17.9 Å². The molecule has 1 fully saturated rings. The number of methoxy groups -OCH3 is 1. The first-order valence-electron chi connectivity index (χ1n) is 8.72. The van der Waals surface area contributed by atoms with Crippen LogP contribution in [0, 0.1) is 5.92 Å². The monoisotopic (exact) mass is 340 g/mol. The van der Waals surface area contributed by atoms with E-state index in [4.69, 9.17) is 4.74 Å². The van der Waals surface area contributed by atoms with Gasteiger partial charge in [0.25, 0.3) is 0 Å². The number of hydrogen-bond donors (Lipinski definition) is 0. The summed E-state index contributed by atoms with van der Waals surface area (Å²) in [6, 6.07) is 13.4. The number of rotatable bonds is 5. The Hall–Kier alpha value is -2.56. The molecule has 2 heterocycles. The first kappa shape index (κ1) is 17.3. The Bertz CT molecular complexity index is 689. The molecule has 0 radical (unpaired) electrons. The lowest BCUT2D eigenvalue weighted by Crippen LogP contribution is -2.43. The second-order valence-corrected chi connectivity index (χ2v) is 6.49. The molecule has 1 saturated heterocycles. The van der Waals surface area contributed by atoms with Gasteiger partial charge in [-0.3, -0.25) is 9.59 Å². The molecule has 25 heavy (non-hydrogen) atoms. The third-order valence-electron chi connectivity index (χ3n) is 4.88. The van der Waals surface area contributed by atoms with E-state index in [1.165, 1.54) is 7.11 Å². The van der Waals surface area contributed by atoms with Gasteiger partial charge < -0.3 is 14.2 Å². The number of hydrogen-bond acceptors (Lipinski definition) is 3. The second-order valence-electron chi connectivity index (χ2n) is 6.49. The van der Waals surface area contributed by atoms with Crippen LogP contribution in [0.25, 0.3) is 0 Å². The minimum atomic E-state index is -0.339. The number of aromatic nitrogens is 1. The molecule has 2 aromatic rings. The Labute approximate surface area is 148 Å². The summed E-state index contributed by atoms with van der Waals surface area (Å²) in [6.45, 7) is 1.37. The quantitative estimate of drug-likeness (QED) is 0.787. The number of carbonyl (C=O) groups is 2. The van der Waals surface area contributed by atoms with Gasteiger partial charge in [0.2, 0.25) is 5.91 Å². The average molecular weight is 340 g/mol. The van der Waals surface area contributed by atoms with Crippen LogP contribution < -0.4 is 0 Å². The zero-order valence-corrected chi connectivity index (χ0v) is 14.5. The minimum absolute atomic E-state index is 0.110. The number of ether oxygens (including phenoxy) is 1. The number of esters is 1. The highest BCUT2D eigenvalue weighted by Crippen LogP contribution is 2.26. The fraction of sp³-hybridized carbons (Fsp3) is 0.400. The summed E-state index contributed by atoms with van der Waals surface area (Å²) in [5.41, 5.74) is 0.986. The third-order valence-corrected chi connectivity index (χ3v) is 4.88. The van der Waals surface area contributed by atoms with E-state index >= 15 is 0 Å². The van der Waals surface area contributed by atoms with E-state index in [9.17, 15) is 9.59 Å². The van der Waals surface area contributed by atoms with Crippen molar-refractivity contribution in [3.8, 4) is 0 Å². The van der Waals surface area contributed by atoms with Crippen molar-refractivity contribution in [1.82, 2.24) is 9.47 Å². The van der Waals surface area contributed by atoms with Gasteiger partial charge in [-0.05, 0) is 36.5 Å². The van der Waals surface area contributed by atoms with Crippen LogP contribution in [0.1, 0.15) is 30.9 Å². The van der Waals surface area contributed by atoms with Crippen molar-refractivity contribution in [1.29, 1.82) is 0 Å². The van der Waals surface area contributed by atoms with Crippen LogP contribution in [-0.4, -0.2) is 41.5 Å². The fourth-order valence-electron chi connectivity index (χ4n) is 3.45. The summed E-state index contributed by atoms with van der Waals surface area (Å²) in [7, 11) is 1.42. The molecule has 1 aliphatic heterocycles. The lowest BCUT2D eigenvalue weighted by Gasteiger charge is -2.34. The van der Waals surface area contributed by atoms with Gasteiger partial charge >= 0.3 is 5.97 Å². The summed E-state index contributed by atoms with van der Waals surface area (Å²) in [4.78, 5) is 26.6. The van der Waals surface area contributed by atoms with E-state index in [0.717, 1.165) is 18.4 Å². The molecule has 5 nitrogen and oxygen atoms in total. The lowest BCUT2D eigenvalue weighted by atomic mass is 9.93. The molecule has 0 saturated carbocycles. The molecule has 1 aromatic heterocycles. The molecule has 0 aliphatic carbocycles. The smallest absolute Gasteiger partial charge is 0.305 e.